The molecule has 3 saturated heterocycles. The second kappa shape index (κ2) is 10.1. The molecule has 1 spiro atoms. The fourth-order valence-electron chi connectivity index (χ4n) is 6.92. The van der Waals surface area contributed by atoms with Crippen LogP contribution in [0.25, 0.3) is 0 Å². The Labute approximate surface area is 231 Å². The van der Waals surface area contributed by atoms with Crippen LogP contribution in [0.1, 0.15) is 30.5 Å². The van der Waals surface area contributed by atoms with E-state index in [0.29, 0.717) is 22.7 Å². The van der Waals surface area contributed by atoms with Crippen molar-refractivity contribution in [3.8, 4) is 0 Å². The van der Waals surface area contributed by atoms with Crippen molar-refractivity contribution in [3.63, 3.8) is 0 Å². The van der Waals surface area contributed by atoms with E-state index in [-0.39, 0.29) is 23.6 Å². The Morgan fingerprint density at radius 2 is 1.97 bits per heavy atom. The van der Waals surface area contributed by atoms with Gasteiger partial charge in [0, 0.05) is 11.8 Å². The van der Waals surface area contributed by atoms with E-state index in [1.807, 2.05) is 56.3 Å². The zero-order chi connectivity index (χ0) is 27.4. The summed E-state index contributed by atoms with van der Waals surface area (Å²) in [5.41, 5.74) is 2.01. The smallest absolute Gasteiger partial charge is 0.308 e. The number of likely N-dealkylation sites (tertiary alicyclic amines) is 1. The first-order valence-electron chi connectivity index (χ1n) is 12.7. The molecule has 2 N–H and O–H groups in total. The lowest BCUT2D eigenvalue weighted by atomic mass is 9.66. The van der Waals surface area contributed by atoms with Crippen LogP contribution in [0, 0.1) is 24.7 Å². The molecule has 3 aliphatic rings. The fourth-order valence-corrected chi connectivity index (χ4v) is 9.64. The molecule has 2 aromatic rings. The standard InChI is InChI=1S/C29H31ClN2O5S/c1-4-13-31(24-16(2)9-8-12-19(24)30)27(35)25-29-17(3)14-21(38-29)22(28(36)37)23(29)26(34)32(25)20(15-33)18-10-6-5-7-11-18/h4-12,17,20-23,25,33H,1,13-15H2,2-3H3,(H,36,37)/t17?,20-,21-,22+,23+,25?,29?/m1/s1. The van der Waals surface area contributed by atoms with Crippen molar-refractivity contribution < 1.29 is 24.6 Å². The molecule has 38 heavy (non-hydrogen) atoms. The number of hydrogen-bond acceptors (Lipinski definition) is 5. The predicted molar refractivity (Wildman–Crippen MR) is 148 cm³/mol. The van der Waals surface area contributed by atoms with E-state index in [1.165, 1.54) is 16.7 Å². The van der Waals surface area contributed by atoms with Gasteiger partial charge in [0.15, 0.2) is 0 Å². The number of nitrogens with zero attached hydrogens (tertiary/aromatic N) is 2. The Balaban J connectivity index is 1.71. The number of hydrogen-bond donors (Lipinski definition) is 2. The van der Waals surface area contributed by atoms with E-state index in [1.54, 1.807) is 17.0 Å². The molecule has 3 unspecified atom stereocenters. The first-order chi connectivity index (χ1) is 18.2. The average Bonchev–Trinajstić information content (AvgIpc) is 3.48. The summed E-state index contributed by atoms with van der Waals surface area (Å²) in [7, 11) is 0. The lowest BCUT2D eigenvalue weighted by Crippen LogP contribution is -2.58. The first-order valence-corrected chi connectivity index (χ1v) is 14.0. The highest BCUT2D eigenvalue weighted by Crippen LogP contribution is 2.69. The molecule has 2 aromatic carbocycles. The number of aliphatic hydroxyl groups excluding tert-OH is 1. The van der Waals surface area contributed by atoms with Crippen molar-refractivity contribution in [1.82, 2.24) is 4.90 Å². The third-order valence-electron chi connectivity index (χ3n) is 8.43. The molecule has 3 fully saturated rings. The number of aryl methyl sites for hydroxylation is 1. The maximum absolute atomic E-state index is 14.8. The largest absolute Gasteiger partial charge is 0.481 e. The van der Waals surface area contributed by atoms with E-state index in [0.717, 1.165) is 5.56 Å². The van der Waals surface area contributed by atoms with Crippen molar-refractivity contribution in [2.24, 2.45) is 17.8 Å². The molecule has 2 bridgehead atoms. The lowest BCUT2D eigenvalue weighted by molar-refractivity contribution is -0.149. The summed E-state index contributed by atoms with van der Waals surface area (Å²) in [6, 6.07) is 12.7. The number of amides is 2. The molecule has 0 radical (unpaired) electrons. The summed E-state index contributed by atoms with van der Waals surface area (Å²) >= 11 is 8.08. The van der Waals surface area contributed by atoms with Gasteiger partial charge >= 0.3 is 5.97 Å². The summed E-state index contributed by atoms with van der Waals surface area (Å²) in [6.07, 6.45) is 2.21. The van der Waals surface area contributed by atoms with Crippen molar-refractivity contribution in [3.05, 3.63) is 77.3 Å². The highest BCUT2D eigenvalue weighted by Gasteiger charge is 2.77. The molecule has 9 heteroatoms. The molecule has 5 rings (SSSR count). The normalized spacial score (nSPS) is 30.3. The quantitative estimate of drug-likeness (QED) is 0.472. The summed E-state index contributed by atoms with van der Waals surface area (Å²) in [6.45, 7) is 7.46. The highest BCUT2D eigenvalue weighted by molar-refractivity contribution is 8.02. The van der Waals surface area contributed by atoms with E-state index in [9.17, 15) is 24.6 Å². The number of aliphatic hydroxyl groups is 1. The zero-order valence-electron chi connectivity index (χ0n) is 21.3. The molecular formula is C29H31ClN2O5S. The van der Waals surface area contributed by atoms with Gasteiger partial charge in [-0.3, -0.25) is 14.4 Å². The van der Waals surface area contributed by atoms with Crippen LogP contribution in [-0.4, -0.2) is 62.1 Å². The Kier molecular flexibility index (Phi) is 7.09. The van der Waals surface area contributed by atoms with Gasteiger partial charge in [0.1, 0.15) is 6.04 Å². The van der Waals surface area contributed by atoms with Gasteiger partial charge in [-0.15, -0.1) is 18.3 Å². The van der Waals surface area contributed by atoms with Gasteiger partial charge in [0.05, 0.1) is 39.9 Å². The third-order valence-corrected chi connectivity index (χ3v) is 10.8. The number of para-hydroxylation sites is 1. The van der Waals surface area contributed by atoms with Gasteiger partial charge in [0.25, 0.3) is 5.91 Å². The minimum absolute atomic E-state index is 0.0889. The average molecular weight is 555 g/mol. The van der Waals surface area contributed by atoms with Gasteiger partial charge < -0.3 is 20.0 Å². The van der Waals surface area contributed by atoms with Gasteiger partial charge in [-0.05, 0) is 36.5 Å². The molecule has 0 saturated carbocycles. The second-order valence-corrected chi connectivity index (χ2v) is 12.3. The number of aliphatic carboxylic acids is 1. The van der Waals surface area contributed by atoms with E-state index < -0.39 is 47.1 Å². The van der Waals surface area contributed by atoms with Crippen molar-refractivity contribution in [1.29, 1.82) is 0 Å². The number of carbonyl (C=O) groups excluding carboxylic acids is 2. The SMILES string of the molecule is C=CCN(C(=O)C1N([C@H](CO)c2ccccc2)C(=O)[C@@H]2[C@@H](C(=O)O)[C@H]3CC(C)C12S3)c1c(C)cccc1Cl. The van der Waals surface area contributed by atoms with Crippen LogP contribution in [0.3, 0.4) is 0 Å². The molecule has 200 valence electrons. The van der Waals surface area contributed by atoms with Crippen molar-refractivity contribution in [2.75, 3.05) is 18.1 Å². The highest BCUT2D eigenvalue weighted by atomic mass is 35.5. The van der Waals surface area contributed by atoms with E-state index in [2.05, 4.69) is 6.58 Å². The lowest BCUT2D eigenvalue weighted by Gasteiger charge is -2.42. The molecule has 0 aromatic heterocycles. The Morgan fingerprint density at radius 3 is 2.58 bits per heavy atom. The van der Waals surface area contributed by atoms with Crippen molar-refractivity contribution in [2.45, 2.75) is 42.3 Å². The fraction of sp³-hybridized carbons (Fsp3) is 0.414. The third kappa shape index (κ3) is 3.80. The molecular weight excluding hydrogens is 524 g/mol. The van der Waals surface area contributed by atoms with Gasteiger partial charge in [-0.1, -0.05) is 67.1 Å². The van der Waals surface area contributed by atoms with Crippen molar-refractivity contribution >= 4 is 46.8 Å². The number of benzene rings is 2. The van der Waals surface area contributed by atoms with Crippen LogP contribution in [0.15, 0.2) is 61.2 Å². The molecule has 3 aliphatic heterocycles. The number of carboxylic acids is 1. The minimum atomic E-state index is -1.02. The Bertz CT molecular complexity index is 1270. The maximum atomic E-state index is 14.8. The minimum Gasteiger partial charge on any atom is -0.481 e. The number of anilines is 1. The summed E-state index contributed by atoms with van der Waals surface area (Å²) in [4.78, 5) is 44.6. The van der Waals surface area contributed by atoms with Gasteiger partial charge in [0.2, 0.25) is 5.91 Å². The Morgan fingerprint density at radius 1 is 1.26 bits per heavy atom. The maximum Gasteiger partial charge on any atom is 0.308 e. The first kappa shape index (κ1) is 26.8. The molecule has 0 aliphatic carbocycles. The molecule has 2 amide bonds. The van der Waals surface area contributed by atoms with Gasteiger partial charge in [-0.2, -0.15) is 0 Å². The van der Waals surface area contributed by atoms with E-state index in [4.69, 9.17) is 11.6 Å². The van der Waals surface area contributed by atoms with Crippen LogP contribution in [-0.2, 0) is 14.4 Å². The number of halogens is 1. The molecule has 3 heterocycles. The second-order valence-electron chi connectivity index (χ2n) is 10.4. The topological polar surface area (TPSA) is 98.2 Å². The predicted octanol–water partition coefficient (Wildman–Crippen LogP) is 4.32. The van der Waals surface area contributed by atoms with Crippen LogP contribution in [0.2, 0.25) is 5.02 Å². The van der Waals surface area contributed by atoms with Crippen LogP contribution in [0.4, 0.5) is 5.69 Å². The van der Waals surface area contributed by atoms with E-state index >= 15 is 0 Å². The summed E-state index contributed by atoms with van der Waals surface area (Å²) < 4.78 is -0.946. The van der Waals surface area contributed by atoms with Crippen LogP contribution < -0.4 is 4.90 Å². The monoisotopic (exact) mass is 554 g/mol. The van der Waals surface area contributed by atoms with Crippen LogP contribution >= 0.6 is 23.4 Å². The molecule has 7 nitrogen and oxygen atoms in total. The summed E-state index contributed by atoms with van der Waals surface area (Å²) in [5.74, 6) is -3.62. The number of thioether (sulfide) groups is 1. The number of carbonyl (C=O) groups is 3. The van der Waals surface area contributed by atoms with Gasteiger partial charge in [-0.25, -0.2) is 0 Å². The number of carboxylic acid groups (broad SMARTS) is 1. The Hall–Kier alpha value is -2.81. The van der Waals surface area contributed by atoms with Crippen LogP contribution in [0.5, 0.6) is 0 Å². The number of fused-ring (bicyclic) bond motifs is 1. The zero-order valence-corrected chi connectivity index (χ0v) is 22.9. The molecule has 7 atom stereocenters. The number of rotatable bonds is 8. The summed E-state index contributed by atoms with van der Waals surface area (Å²) in [5, 5.41) is 20.9.